The quantitative estimate of drug-likeness (QED) is 0.748. The van der Waals surface area contributed by atoms with Gasteiger partial charge in [-0.15, -0.1) is 0 Å². The van der Waals surface area contributed by atoms with Gasteiger partial charge in [0.2, 0.25) is 0 Å². The van der Waals surface area contributed by atoms with Crippen molar-refractivity contribution in [2.45, 2.75) is 17.9 Å². The van der Waals surface area contributed by atoms with Crippen LogP contribution in [0.3, 0.4) is 0 Å². The van der Waals surface area contributed by atoms with E-state index >= 15 is 0 Å². The molecule has 5 heteroatoms. The van der Waals surface area contributed by atoms with Gasteiger partial charge in [-0.05, 0) is 48.4 Å². The van der Waals surface area contributed by atoms with E-state index in [1.807, 2.05) is 55.5 Å². The number of para-hydroxylation sites is 1. The minimum absolute atomic E-state index is 0.0383. The highest BCUT2D eigenvalue weighted by Crippen LogP contribution is 2.46. The Morgan fingerprint density at radius 3 is 2.16 bits per heavy atom. The molecule has 1 N–H and O–H groups in total. The van der Waals surface area contributed by atoms with Crippen LogP contribution in [-0.2, 0) is 10.0 Å². The number of phenols is 1. The Balaban J connectivity index is 1.95. The summed E-state index contributed by atoms with van der Waals surface area (Å²) in [6, 6.07) is 20.7. The molecule has 0 fully saturated rings. The highest BCUT2D eigenvalue weighted by atomic mass is 32.2. The van der Waals surface area contributed by atoms with Crippen molar-refractivity contribution in [1.82, 2.24) is 0 Å². The molecule has 126 valence electrons. The van der Waals surface area contributed by atoms with Gasteiger partial charge in [-0.2, -0.15) is 0 Å². The molecule has 0 aromatic heterocycles. The molecular weight excluding hydrogens is 334 g/mol. The molecule has 1 aliphatic rings. The van der Waals surface area contributed by atoms with Gasteiger partial charge in [0.25, 0.3) is 10.0 Å². The summed E-state index contributed by atoms with van der Waals surface area (Å²) >= 11 is 0. The molecule has 0 bridgehead atoms. The Labute approximate surface area is 147 Å². The molecule has 1 unspecified atom stereocenters. The maximum Gasteiger partial charge on any atom is 0.264 e. The van der Waals surface area contributed by atoms with Crippen LogP contribution in [-0.4, -0.2) is 13.5 Å². The van der Waals surface area contributed by atoms with Gasteiger partial charge in [0.15, 0.2) is 0 Å². The van der Waals surface area contributed by atoms with E-state index in [1.54, 1.807) is 0 Å². The lowest BCUT2D eigenvalue weighted by atomic mass is 9.90. The van der Waals surface area contributed by atoms with Crippen LogP contribution in [0.15, 0.2) is 77.7 Å². The minimum Gasteiger partial charge on any atom is -0.508 e. The first-order chi connectivity index (χ1) is 12.0. The number of benzene rings is 3. The van der Waals surface area contributed by atoms with Crippen LogP contribution in [0, 0.1) is 0 Å². The van der Waals surface area contributed by atoms with Gasteiger partial charge < -0.3 is 5.11 Å². The summed E-state index contributed by atoms with van der Waals surface area (Å²) in [5, 5.41) is 9.46. The molecule has 25 heavy (non-hydrogen) atoms. The first-order valence-corrected chi connectivity index (χ1v) is 9.46. The summed E-state index contributed by atoms with van der Waals surface area (Å²) in [7, 11) is -3.76. The minimum atomic E-state index is -3.76. The Kier molecular flexibility index (Phi) is 3.54. The lowest BCUT2D eigenvalue weighted by Crippen LogP contribution is -2.36. The zero-order chi connectivity index (χ0) is 17.6. The summed E-state index contributed by atoms with van der Waals surface area (Å²) in [4.78, 5) is 0.159. The second-order valence-electron chi connectivity index (χ2n) is 6.08. The maximum atomic E-state index is 13.3. The Morgan fingerprint density at radius 1 is 0.840 bits per heavy atom. The maximum absolute atomic E-state index is 13.3. The van der Waals surface area contributed by atoms with Crippen molar-refractivity contribution in [3.63, 3.8) is 0 Å². The third-order valence-corrected chi connectivity index (χ3v) is 6.49. The van der Waals surface area contributed by atoms with Gasteiger partial charge >= 0.3 is 0 Å². The molecule has 4 nitrogen and oxygen atoms in total. The predicted molar refractivity (Wildman–Crippen MR) is 98.1 cm³/mol. The zero-order valence-electron chi connectivity index (χ0n) is 13.6. The summed E-state index contributed by atoms with van der Waals surface area (Å²) < 4.78 is 28.1. The molecule has 0 amide bonds. The van der Waals surface area contributed by atoms with E-state index in [9.17, 15) is 13.5 Å². The highest BCUT2D eigenvalue weighted by Gasteiger charge is 2.36. The van der Waals surface area contributed by atoms with E-state index in [1.165, 1.54) is 28.6 Å². The number of sulfonamides is 1. The van der Waals surface area contributed by atoms with Crippen LogP contribution < -0.4 is 4.31 Å². The molecule has 4 rings (SSSR count). The molecule has 1 aliphatic heterocycles. The standard InChI is InChI=1S/C20H17NO3S/c1-14-17-6-2-3-7-18(17)19-8-4-5-9-20(19)21(14)25(23,24)16-12-10-15(22)11-13-16/h2-14,22H,1H3. The van der Waals surface area contributed by atoms with Gasteiger partial charge in [0.1, 0.15) is 5.75 Å². The van der Waals surface area contributed by atoms with E-state index in [0.29, 0.717) is 5.69 Å². The average Bonchev–Trinajstić information content (AvgIpc) is 2.62. The smallest absolute Gasteiger partial charge is 0.264 e. The molecule has 1 atom stereocenters. The second-order valence-corrected chi connectivity index (χ2v) is 7.89. The first-order valence-electron chi connectivity index (χ1n) is 8.02. The predicted octanol–water partition coefficient (Wildman–Crippen LogP) is 4.33. The van der Waals surface area contributed by atoms with Gasteiger partial charge in [-0.1, -0.05) is 42.5 Å². The van der Waals surface area contributed by atoms with Crippen LogP contribution in [0.1, 0.15) is 18.5 Å². The molecule has 0 saturated carbocycles. The van der Waals surface area contributed by atoms with Crippen molar-refractivity contribution >= 4 is 15.7 Å². The van der Waals surface area contributed by atoms with Crippen LogP contribution in [0.25, 0.3) is 11.1 Å². The zero-order valence-corrected chi connectivity index (χ0v) is 14.4. The fourth-order valence-electron chi connectivity index (χ4n) is 3.40. The molecule has 0 aliphatic carbocycles. The van der Waals surface area contributed by atoms with Crippen molar-refractivity contribution < 1.29 is 13.5 Å². The molecule has 3 aromatic carbocycles. The number of fused-ring (bicyclic) bond motifs is 3. The Morgan fingerprint density at radius 2 is 1.44 bits per heavy atom. The number of rotatable bonds is 2. The van der Waals surface area contributed by atoms with Crippen molar-refractivity contribution in [2.24, 2.45) is 0 Å². The molecule has 0 radical (unpaired) electrons. The van der Waals surface area contributed by atoms with Gasteiger partial charge in [-0.3, -0.25) is 4.31 Å². The normalized spacial score (nSPS) is 16.2. The lowest BCUT2D eigenvalue weighted by molar-refractivity contribution is 0.474. The second kappa shape index (κ2) is 5.63. The van der Waals surface area contributed by atoms with Gasteiger partial charge in [-0.25, -0.2) is 8.42 Å². The Hall–Kier alpha value is -2.79. The largest absolute Gasteiger partial charge is 0.508 e. The summed E-state index contributed by atoms with van der Waals surface area (Å²) in [6.07, 6.45) is 0. The third-order valence-electron chi connectivity index (χ3n) is 4.59. The molecule has 0 spiro atoms. The van der Waals surface area contributed by atoms with Crippen molar-refractivity contribution in [2.75, 3.05) is 4.31 Å². The van der Waals surface area contributed by atoms with E-state index in [4.69, 9.17) is 0 Å². The van der Waals surface area contributed by atoms with Crippen LogP contribution in [0.5, 0.6) is 5.75 Å². The fraction of sp³-hybridized carbons (Fsp3) is 0.100. The molecule has 0 saturated heterocycles. The van der Waals surface area contributed by atoms with Gasteiger partial charge in [0, 0.05) is 5.56 Å². The van der Waals surface area contributed by atoms with Crippen LogP contribution in [0.4, 0.5) is 5.69 Å². The lowest BCUT2D eigenvalue weighted by Gasteiger charge is -2.37. The molecular formula is C20H17NO3S. The summed E-state index contributed by atoms with van der Waals surface area (Å²) in [6.45, 7) is 1.90. The number of anilines is 1. The highest BCUT2D eigenvalue weighted by molar-refractivity contribution is 7.92. The number of hydrogen-bond donors (Lipinski definition) is 1. The van der Waals surface area contributed by atoms with Crippen LogP contribution in [0.2, 0.25) is 0 Å². The monoisotopic (exact) mass is 351 g/mol. The molecule has 1 heterocycles. The number of nitrogens with zero attached hydrogens (tertiary/aromatic N) is 1. The van der Waals surface area contributed by atoms with Crippen molar-refractivity contribution in [3.8, 4) is 16.9 Å². The fourth-order valence-corrected chi connectivity index (χ4v) is 5.06. The number of phenolic OH excluding ortho intramolecular Hbond substituents is 1. The van der Waals surface area contributed by atoms with E-state index in [-0.39, 0.29) is 16.7 Å². The van der Waals surface area contributed by atoms with Crippen molar-refractivity contribution in [1.29, 1.82) is 0 Å². The van der Waals surface area contributed by atoms with E-state index < -0.39 is 10.0 Å². The topological polar surface area (TPSA) is 57.6 Å². The first kappa shape index (κ1) is 15.7. The number of hydrogen-bond acceptors (Lipinski definition) is 3. The number of aromatic hydroxyl groups is 1. The SMILES string of the molecule is CC1c2ccccc2-c2ccccc2N1S(=O)(=O)c1ccc(O)cc1. The van der Waals surface area contributed by atoms with E-state index in [0.717, 1.165) is 16.7 Å². The van der Waals surface area contributed by atoms with Crippen molar-refractivity contribution in [3.05, 3.63) is 78.4 Å². The third kappa shape index (κ3) is 2.39. The summed E-state index contributed by atoms with van der Waals surface area (Å²) in [5.74, 6) is 0.0383. The Bertz CT molecular complexity index is 1040. The molecule has 3 aromatic rings. The van der Waals surface area contributed by atoms with Crippen LogP contribution >= 0.6 is 0 Å². The average molecular weight is 351 g/mol. The van der Waals surface area contributed by atoms with Gasteiger partial charge in [0.05, 0.1) is 16.6 Å². The van der Waals surface area contributed by atoms with E-state index in [2.05, 4.69) is 0 Å². The summed E-state index contributed by atoms with van der Waals surface area (Å²) in [5.41, 5.74) is 3.60.